The number of hydrogen-bond acceptors (Lipinski definition) is 2. The van der Waals surface area contributed by atoms with Crippen molar-refractivity contribution in [2.24, 2.45) is 0 Å². The molecule has 0 spiro atoms. The van der Waals surface area contributed by atoms with Gasteiger partial charge in [0, 0.05) is 17.1 Å². The van der Waals surface area contributed by atoms with Crippen LogP contribution in [-0.2, 0) is 13.2 Å². The Balaban J connectivity index is 1.86. The van der Waals surface area contributed by atoms with Gasteiger partial charge in [0.1, 0.15) is 12.4 Å². The minimum absolute atomic E-state index is 0.560. The summed E-state index contributed by atoms with van der Waals surface area (Å²) in [6.45, 7) is 4.68. The normalized spacial score (nSPS) is 10.6. The number of para-hydroxylation sites is 1. The van der Waals surface area contributed by atoms with Crippen molar-refractivity contribution < 1.29 is 4.74 Å². The predicted octanol–water partition coefficient (Wildman–Crippen LogP) is 5.20. The average molecular weight is 318 g/mol. The van der Waals surface area contributed by atoms with Crippen LogP contribution in [0.2, 0.25) is 5.02 Å². The van der Waals surface area contributed by atoms with Crippen LogP contribution in [0.15, 0.2) is 48.5 Å². The minimum atomic E-state index is 0.560. The summed E-state index contributed by atoms with van der Waals surface area (Å²) >= 11 is 5.90. The van der Waals surface area contributed by atoms with E-state index in [2.05, 4.69) is 24.4 Å². The van der Waals surface area contributed by atoms with E-state index in [1.165, 1.54) is 24.8 Å². The highest BCUT2D eigenvalue weighted by molar-refractivity contribution is 6.30. The van der Waals surface area contributed by atoms with Crippen LogP contribution in [0.4, 0.5) is 0 Å². The molecule has 0 aliphatic heterocycles. The van der Waals surface area contributed by atoms with Crippen LogP contribution in [0.25, 0.3) is 0 Å². The molecule has 0 aliphatic carbocycles. The molecule has 0 atom stereocenters. The number of ether oxygens (including phenoxy) is 1. The quantitative estimate of drug-likeness (QED) is 0.642. The maximum absolute atomic E-state index is 5.96. The molecule has 0 amide bonds. The number of nitrogens with one attached hydrogen (secondary N) is 1. The molecular weight excluding hydrogens is 294 g/mol. The number of hydrogen-bond donors (Lipinski definition) is 1. The zero-order valence-corrected chi connectivity index (χ0v) is 13.9. The maximum Gasteiger partial charge on any atom is 0.124 e. The first-order valence-corrected chi connectivity index (χ1v) is 8.33. The summed E-state index contributed by atoms with van der Waals surface area (Å²) in [7, 11) is 0. The lowest BCUT2D eigenvalue weighted by Gasteiger charge is -2.12. The number of halogens is 1. The van der Waals surface area contributed by atoms with E-state index < -0.39 is 0 Å². The van der Waals surface area contributed by atoms with E-state index in [9.17, 15) is 0 Å². The monoisotopic (exact) mass is 317 g/mol. The van der Waals surface area contributed by atoms with Gasteiger partial charge >= 0.3 is 0 Å². The molecule has 2 rings (SSSR count). The minimum Gasteiger partial charge on any atom is -0.489 e. The molecule has 0 aromatic heterocycles. The second-order valence-electron chi connectivity index (χ2n) is 5.41. The largest absolute Gasteiger partial charge is 0.489 e. The zero-order valence-electron chi connectivity index (χ0n) is 13.1. The summed E-state index contributed by atoms with van der Waals surface area (Å²) in [5.74, 6) is 0.945. The van der Waals surface area contributed by atoms with Gasteiger partial charge in [-0.05, 0) is 36.7 Å². The van der Waals surface area contributed by atoms with Gasteiger partial charge in [-0.2, -0.15) is 0 Å². The fourth-order valence-corrected chi connectivity index (χ4v) is 2.38. The number of rotatable bonds is 9. The smallest absolute Gasteiger partial charge is 0.124 e. The molecule has 2 aromatic rings. The highest BCUT2D eigenvalue weighted by Gasteiger charge is 2.03. The lowest BCUT2D eigenvalue weighted by molar-refractivity contribution is 0.302. The molecule has 0 heterocycles. The second-order valence-corrected chi connectivity index (χ2v) is 5.84. The Morgan fingerprint density at radius 3 is 2.55 bits per heavy atom. The van der Waals surface area contributed by atoms with E-state index in [0.717, 1.165) is 29.4 Å². The van der Waals surface area contributed by atoms with Crippen LogP contribution in [0.1, 0.15) is 37.3 Å². The van der Waals surface area contributed by atoms with Crippen molar-refractivity contribution in [3.05, 3.63) is 64.7 Å². The predicted molar refractivity (Wildman–Crippen MR) is 93.5 cm³/mol. The van der Waals surface area contributed by atoms with Gasteiger partial charge in [0.05, 0.1) is 0 Å². The van der Waals surface area contributed by atoms with Crippen LogP contribution >= 0.6 is 11.6 Å². The molecule has 22 heavy (non-hydrogen) atoms. The highest BCUT2D eigenvalue weighted by atomic mass is 35.5. The summed E-state index contributed by atoms with van der Waals surface area (Å²) in [5, 5.41) is 4.24. The van der Waals surface area contributed by atoms with Crippen LogP contribution in [-0.4, -0.2) is 6.54 Å². The van der Waals surface area contributed by atoms with E-state index in [4.69, 9.17) is 16.3 Å². The Bertz CT molecular complexity index is 554. The van der Waals surface area contributed by atoms with Crippen LogP contribution < -0.4 is 10.1 Å². The topological polar surface area (TPSA) is 21.3 Å². The van der Waals surface area contributed by atoms with Crippen LogP contribution in [0.5, 0.6) is 5.75 Å². The SMILES string of the molecule is CCCCCNCc1ccccc1OCc1ccc(Cl)cc1. The first kappa shape index (κ1) is 16.9. The first-order valence-electron chi connectivity index (χ1n) is 7.95. The third-order valence-electron chi connectivity index (χ3n) is 3.55. The van der Waals surface area contributed by atoms with Crippen molar-refractivity contribution in [3.8, 4) is 5.75 Å². The maximum atomic E-state index is 5.96. The Labute approximate surface area is 138 Å². The highest BCUT2D eigenvalue weighted by Crippen LogP contribution is 2.20. The van der Waals surface area contributed by atoms with Gasteiger partial charge in [0.25, 0.3) is 0 Å². The lowest BCUT2D eigenvalue weighted by atomic mass is 10.2. The summed E-state index contributed by atoms with van der Waals surface area (Å²) < 4.78 is 5.96. The molecule has 0 radical (unpaired) electrons. The average Bonchev–Trinajstić information content (AvgIpc) is 2.55. The Kier molecular flexibility index (Phi) is 7.27. The summed E-state index contributed by atoms with van der Waals surface area (Å²) in [6.07, 6.45) is 3.76. The van der Waals surface area contributed by atoms with Gasteiger partial charge < -0.3 is 10.1 Å². The molecule has 0 aliphatic rings. The van der Waals surface area contributed by atoms with E-state index in [1.807, 2.05) is 36.4 Å². The van der Waals surface area contributed by atoms with Gasteiger partial charge in [-0.3, -0.25) is 0 Å². The third-order valence-corrected chi connectivity index (χ3v) is 3.80. The molecule has 0 saturated heterocycles. The molecule has 2 aromatic carbocycles. The van der Waals surface area contributed by atoms with E-state index >= 15 is 0 Å². The van der Waals surface area contributed by atoms with Crippen LogP contribution in [0.3, 0.4) is 0 Å². The van der Waals surface area contributed by atoms with Crippen molar-refractivity contribution in [3.63, 3.8) is 0 Å². The van der Waals surface area contributed by atoms with Gasteiger partial charge in [0.2, 0.25) is 0 Å². The molecule has 1 N–H and O–H groups in total. The molecule has 0 fully saturated rings. The molecular formula is C19H24ClNO. The van der Waals surface area contributed by atoms with Gasteiger partial charge in [-0.1, -0.05) is 61.7 Å². The molecule has 3 heteroatoms. The number of unbranched alkanes of at least 4 members (excludes halogenated alkanes) is 2. The van der Waals surface area contributed by atoms with Crippen molar-refractivity contribution in [1.29, 1.82) is 0 Å². The van der Waals surface area contributed by atoms with Gasteiger partial charge in [-0.15, -0.1) is 0 Å². The Morgan fingerprint density at radius 2 is 1.77 bits per heavy atom. The standard InChI is InChI=1S/C19H24ClNO/c1-2-3-6-13-21-14-17-7-4-5-8-19(17)22-15-16-9-11-18(20)12-10-16/h4-5,7-12,21H,2-3,6,13-15H2,1H3. The summed E-state index contributed by atoms with van der Waals surface area (Å²) in [5.41, 5.74) is 2.32. The zero-order chi connectivity index (χ0) is 15.6. The van der Waals surface area contributed by atoms with Crippen molar-refractivity contribution in [2.45, 2.75) is 39.3 Å². The summed E-state index contributed by atoms with van der Waals surface area (Å²) in [6, 6.07) is 16.0. The fourth-order valence-electron chi connectivity index (χ4n) is 2.26. The van der Waals surface area contributed by atoms with Crippen molar-refractivity contribution in [1.82, 2.24) is 5.32 Å². The second kappa shape index (κ2) is 9.50. The van der Waals surface area contributed by atoms with Crippen molar-refractivity contribution in [2.75, 3.05) is 6.54 Å². The van der Waals surface area contributed by atoms with Crippen LogP contribution in [0, 0.1) is 0 Å². The van der Waals surface area contributed by atoms with Gasteiger partial charge in [-0.25, -0.2) is 0 Å². The fraction of sp³-hybridized carbons (Fsp3) is 0.368. The Hall–Kier alpha value is -1.51. The van der Waals surface area contributed by atoms with E-state index in [0.29, 0.717) is 6.61 Å². The molecule has 0 saturated carbocycles. The van der Waals surface area contributed by atoms with Crippen molar-refractivity contribution >= 4 is 11.6 Å². The van der Waals surface area contributed by atoms with Gasteiger partial charge in [0.15, 0.2) is 0 Å². The third kappa shape index (κ3) is 5.70. The lowest BCUT2D eigenvalue weighted by Crippen LogP contribution is -2.15. The van der Waals surface area contributed by atoms with E-state index in [1.54, 1.807) is 0 Å². The molecule has 2 nitrogen and oxygen atoms in total. The molecule has 118 valence electrons. The first-order chi connectivity index (χ1) is 10.8. The molecule has 0 bridgehead atoms. The molecule has 0 unspecified atom stereocenters. The summed E-state index contributed by atoms with van der Waals surface area (Å²) in [4.78, 5) is 0. The van der Waals surface area contributed by atoms with E-state index in [-0.39, 0.29) is 0 Å². The number of benzene rings is 2. The Morgan fingerprint density at radius 1 is 1.00 bits per heavy atom.